The van der Waals surface area contributed by atoms with Crippen LogP contribution < -0.4 is 14.8 Å². The van der Waals surface area contributed by atoms with Crippen LogP contribution in [0.1, 0.15) is 24.2 Å². The topological polar surface area (TPSA) is 97.4 Å². The summed E-state index contributed by atoms with van der Waals surface area (Å²) in [4.78, 5) is 17.4. The van der Waals surface area contributed by atoms with E-state index < -0.39 is 15.9 Å². The first kappa shape index (κ1) is 23.4. The molecule has 2 N–H and O–H groups in total. The second-order valence-corrected chi connectivity index (χ2v) is 9.75. The molecule has 4 aromatic rings. The summed E-state index contributed by atoms with van der Waals surface area (Å²) in [5.74, 6) is 0.0316. The lowest BCUT2D eigenvalue weighted by Gasteiger charge is -2.14. The number of nitrogens with one attached hydrogen (secondary N) is 2. The molecular weight excluding hydrogens is 450 g/mol. The van der Waals surface area contributed by atoms with E-state index >= 15 is 0 Å². The number of pyridine rings is 1. The van der Waals surface area contributed by atoms with Crippen molar-refractivity contribution in [2.24, 2.45) is 0 Å². The Labute approximate surface area is 198 Å². The largest absolute Gasteiger partial charge is 0.495 e. The van der Waals surface area contributed by atoms with Crippen LogP contribution in [0.15, 0.2) is 83.8 Å². The number of benzene rings is 3. The van der Waals surface area contributed by atoms with E-state index in [4.69, 9.17) is 4.74 Å². The Morgan fingerprint density at radius 1 is 0.912 bits per heavy atom. The molecule has 0 saturated heterocycles. The van der Waals surface area contributed by atoms with Gasteiger partial charge in [0.15, 0.2) is 0 Å². The first-order chi connectivity index (χ1) is 16.3. The minimum atomic E-state index is -3.86. The standard InChI is InChI=1S/C26H25N3O4S/c1-17(2)29-34(31,32)24-16-21(13-14-23(24)33-3)26(30)28-25-10-6-9-22(27-25)20-12-11-18-7-4-5-8-19(18)15-20/h4-17,29H,1-3H3,(H,27,28,30). The Balaban J connectivity index is 1.61. The molecule has 0 aliphatic rings. The Morgan fingerprint density at radius 2 is 1.68 bits per heavy atom. The van der Waals surface area contributed by atoms with E-state index in [9.17, 15) is 13.2 Å². The van der Waals surface area contributed by atoms with Crippen LogP contribution in [0.4, 0.5) is 5.82 Å². The van der Waals surface area contributed by atoms with Crippen LogP contribution in [0.2, 0.25) is 0 Å². The van der Waals surface area contributed by atoms with Gasteiger partial charge in [0.2, 0.25) is 10.0 Å². The van der Waals surface area contributed by atoms with Crippen molar-refractivity contribution >= 4 is 32.5 Å². The number of fused-ring (bicyclic) bond motifs is 1. The highest BCUT2D eigenvalue weighted by atomic mass is 32.2. The highest BCUT2D eigenvalue weighted by Gasteiger charge is 2.22. The zero-order valence-corrected chi connectivity index (χ0v) is 19.9. The van der Waals surface area contributed by atoms with E-state index in [1.165, 1.54) is 25.3 Å². The Kier molecular flexibility index (Phi) is 6.63. The lowest BCUT2D eigenvalue weighted by Crippen LogP contribution is -2.30. The van der Waals surface area contributed by atoms with Gasteiger partial charge in [-0.05, 0) is 61.0 Å². The molecule has 8 heteroatoms. The molecule has 1 heterocycles. The first-order valence-corrected chi connectivity index (χ1v) is 12.2. The zero-order valence-electron chi connectivity index (χ0n) is 19.1. The van der Waals surface area contributed by atoms with Crippen molar-refractivity contribution in [3.05, 3.63) is 84.4 Å². The van der Waals surface area contributed by atoms with Crippen molar-refractivity contribution in [2.45, 2.75) is 24.8 Å². The number of methoxy groups -OCH3 is 1. The van der Waals surface area contributed by atoms with Crippen LogP contribution in [0.3, 0.4) is 0 Å². The van der Waals surface area contributed by atoms with Crippen LogP contribution in [0.5, 0.6) is 5.75 Å². The lowest BCUT2D eigenvalue weighted by molar-refractivity contribution is 0.102. The Hall–Kier alpha value is -3.75. The van der Waals surface area contributed by atoms with Gasteiger partial charge in [0.25, 0.3) is 5.91 Å². The van der Waals surface area contributed by atoms with Gasteiger partial charge in [-0.15, -0.1) is 0 Å². The summed E-state index contributed by atoms with van der Waals surface area (Å²) in [6, 6.07) is 23.4. The van der Waals surface area contributed by atoms with Crippen LogP contribution in [-0.2, 0) is 10.0 Å². The zero-order chi connectivity index (χ0) is 24.3. The van der Waals surface area contributed by atoms with E-state index in [0.717, 1.165) is 16.3 Å². The third-order valence-corrected chi connectivity index (χ3v) is 6.82. The normalized spacial score (nSPS) is 11.5. The van der Waals surface area contributed by atoms with Crippen molar-refractivity contribution in [1.29, 1.82) is 0 Å². The van der Waals surface area contributed by atoms with E-state index in [1.54, 1.807) is 19.9 Å². The second-order valence-electron chi connectivity index (χ2n) is 8.07. The van der Waals surface area contributed by atoms with Crippen LogP contribution in [0.25, 0.3) is 22.0 Å². The average Bonchev–Trinajstić information content (AvgIpc) is 2.82. The van der Waals surface area contributed by atoms with Gasteiger partial charge in [0, 0.05) is 17.2 Å². The monoisotopic (exact) mass is 475 g/mol. The molecule has 0 fully saturated rings. The summed E-state index contributed by atoms with van der Waals surface area (Å²) in [7, 11) is -2.48. The molecule has 0 bridgehead atoms. The Morgan fingerprint density at radius 3 is 2.41 bits per heavy atom. The van der Waals surface area contributed by atoms with Gasteiger partial charge in [-0.3, -0.25) is 4.79 Å². The molecule has 0 unspecified atom stereocenters. The van der Waals surface area contributed by atoms with Crippen molar-refractivity contribution in [3.8, 4) is 17.0 Å². The maximum Gasteiger partial charge on any atom is 0.256 e. The summed E-state index contributed by atoms with van der Waals surface area (Å²) < 4.78 is 33.1. The fourth-order valence-corrected chi connectivity index (χ4v) is 5.05. The molecule has 1 amide bonds. The molecule has 34 heavy (non-hydrogen) atoms. The molecule has 0 aliphatic heterocycles. The number of amides is 1. The van der Waals surface area contributed by atoms with Gasteiger partial charge in [-0.2, -0.15) is 0 Å². The summed E-state index contributed by atoms with van der Waals surface area (Å²) in [5, 5.41) is 4.98. The number of carbonyl (C=O) groups excluding carboxylic acids is 1. The van der Waals surface area contributed by atoms with Crippen LogP contribution in [0, 0.1) is 0 Å². The third-order valence-electron chi connectivity index (χ3n) is 5.14. The number of carbonyl (C=O) groups is 1. The number of rotatable bonds is 7. The molecule has 3 aromatic carbocycles. The van der Waals surface area contributed by atoms with Crippen molar-refractivity contribution < 1.29 is 17.9 Å². The minimum Gasteiger partial charge on any atom is -0.495 e. The van der Waals surface area contributed by atoms with Crippen molar-refractivity contribution in [2.75, 3.05) is 12.4 Å². The van der Waals surface area contributed by atoms with E-state index in [2.05, 4.69) is 15.0 Å². The number of aromatic nitrogens is 1. The summed E-state index contributed by atoms with van der Waals surface area (Å²) in [5.41, 5.74) is 1.80. The molecule has 174 valence electrons. The molecule has 1 aromatic heterocycles. The van der Waals surface area contributed by atoms with Crippen LogP contribution in [-0.4, -0.2) is 32.5 Å². The highest BCUT2D eigenvalue weighted by molar-refractivity contribution is 7.89. The molecule has 0 aliphatic carbocycles. The molecule has 0 atom stereocenters. The molecule has 0 spiro atoms. The summed E-state index contributed by atoms with van der Waals surface area (Å²) >= 11 is 0. The number of ether oxygens (including phenoxy) is 1. The Bertz CT molecular complexity index is 1470. The van der Waals surface area contributed by atoms with Gasteiger partial charge in [-0.1, -0.05) is 42.5 Å². The highest BCUT2D eigenvalue weighted by Crippen LogP contribution is 2.27. The number of nitrogens with zero attached hydrogens (tertiary/aromatic N) is 1. The summed E-state index contributed by atoms with van der Waals surface area (Å²) in [6.45, 7) is 3.43. The van der Waals surface area contributed by atoms with Crippen molar-refractivity contribution in [3.63, 3.8) is 0 Å². The number of anilines is 1. The molecule has 0 saturated carbocycles. The van der Waals surface area contributed by atoms with Crippen molar-refractivity contribution in [1.82, 2.24) is 9.71 Å². The molecule has 7 nitrogen and oxygen atoms in total. The number of sulfonamides is 1. The van der Waals surface area contributed by atoms with Gasteiger partial charge in [0.05, 0.1) is 12.8 Å². The van der Waals surface area contributed by atoms with Gasteiger partial charge in [-0.25, -0.2) is 18.1 Å². The van der Waals surface area contributed by atoms with E-state index in [0.29, 0.717) is 11.5 Å². The van der Waals surface area contributed by atoms with Crippen LogP contribution >= 0.6 is 0 Å². The van der Waals surface area contributed by atoms with E-state index in [-0.39, 0.29) is 22.3 Å². The molecule has 0 radical (unpaired) electrons. The maximum absolute atomic E-state index is 12.9. The fraction of sp³-hybridized carbons (Fsp3) is 0.154. The quantitative estimate of drug-likeness (QED) is 0.398. The maximum atomic E-state index is 12.9. The average molecular weight is 476 g/mol. The first-order valence-electron chi connectivity index (χ1n) is 10.7. The minimum absolute atomic E-state index is 0.103. The van der Waals surface area contributed by atoms with Gasteiger partial charge in [0.1, 0.15) is 16.5 Å². The predicted octanol–water partition coefficient (Wildman–Crippen LogP) is 4.85. The summed E-state index contributed by atoms with van der Waals surface area (Å²) in [6.07, 6.45) is 0. The third kappa shape index (κ3) is 5.08. The lowest BCUT2D eigenvalue weighted by atomic mass is 10.0. The van der Waals surface area contributed by atoms with Gasteiger partial charge >= 0.3 is 0 Å². The number of hydrogen-bond acceptors (Lipinski definition) is 5. The van der Waals surface area contributed by atoms with Gasteiger partial charge < -0.3 is 10.1 Å². The predicted molar refractivity (Wildman–Crippen MR) is 134 cm³/mol. The van der Waals surface area contributed by atoms with E-state index in [1.807, 2.05) is 54.6 Å². The molecular formula is C26H25N3O4S. The number of hydrogen-bond donors (Lipinski definition) is 2. The smallest absolute Gasteiger partial charge is 0.256 e. The molecule has 4 rings (SSSR count). The fourth-order valence-electron chi connectivity index (χ4n) is 3.60. The second kappa shape index (κ2) is 9.62. The SMILES string of the molecule is COc1ccc(C(=O)Nc2cccc(-c3ccc4ccccc4c3)n2)cc1S(=O)(=O)NC(C)C.